The van der Waals surface area contributed by atoms with Crippen LogP contribution in [0.15, 0.2) is 0 Å². The Hall–Kier alpha value is 1.64. The average molecular weight is 500 g/mol. The summed E-state index contributed by atoms with van der Waals surface area (Å²) in [4.78, 5) is 63.7. The third-order valence-electron chi connectivity index (χ3n) is 4.89. The molecule has 0 aromatic heterocycles. The van der Waals surface area contributed by atoms with E-state index in [1.165, 1.54) is 19.3 Å². The fourth-order valence-electron chi connectivity index (χ4n) is 3.12. The Morgan fingerprint density at radius 3 is 0.774 bits per heavy atom. The van der Waals surface area contributed by atoms with Crippen molar-refractivity contribution in [2.24, 2.45) is 0 Å². The zero-order valence-corrected chi connectivity index (χ0v) is 25.0. The zero-order chi connectivity index (χ0) is 22.2. The van der Waals surface area contributed by atoms with Crippen molar-refractivity contribution in [1.29, 1.82) is 0 Å². The van der Waals surface area contributed by atoms with Gasteiger partial charge in [-0.2, -0.15) is 0 Å². The summed E-state index contributed by atoms with van der Waals surface area (Å²) in [7, 11) is -10.1. The first-order valence-corrected chi connectivity index (χ1v) is 13.7. The molecule has 0 aliphatic heterocycles. The fourth-order valence-corrected chi connectivity index (χ4v) is 3.99. The molecule has 0 bridgehead atoms. The molecular formula is C19H36Na2O8P2. The van der Waals surface area contributed by atoms with Crippen LogP contribution in [0.4, 0.5) is 0 Å². The minimum Gasteiger partial charge on any atom is -0.805 e. The molecule has 0 aliphatic carbocycles. The fraction of sp³-hybridized carbons (Fsp3) is 0.895. The van der Waals surface area contributed by atoms with Crippen molar-refractivity contribution in [3.8, 4) is 0 Å². The van der Waals surface area contributed by atoms with Gasteiger partial charge in [-0.25, -0.2) is 0 Å². The van der Waals surface area contributed by atoms with Gasteiger partial charge in [0.15, 0.2) is 11.0 Å². The predicted molar refractivity (Wildman–Crippen MR) is 106 cm³/mol. The van der Waals surface area contributed by atoms with Crippen LogP contribution in [0.1, 0.15) is 112 Å². The van der Waals surface area contributed by atoms with Crippen molar-refractivity contribution in [3.05, 3.63) is 0 Å². The second-order valence-electron chi connectivity index (χ2n) is 7.59. The molecule has 0 amide bonds. The van der Waals surface area contributed by atoms with Gasteiger partial charge in [-0.3, -0.25) is 9.59 Å². The van der Waals surface area contributed by atoms with E-state index in [-0.39, 0.29) is 74.8 Å². The number of carbonyl (C=O) groups excluding carboxylic acids is 2. The SMILES string of the molecule is O=C(CCCCCCCCCCCCCCCCCC(=O)P(=O)([O-])[O-])P(=O)([O-])[O-].[H+].[H+].[Na+].[Na+]. The molecule has 172 valence electrons. The van der Waals surface area contributed by atoms with E-state index in [1.807, 2.05) is 0 Å². The molecule has 31 heavy (non-hydrogen) atoms. The van der Waals surface area contributed by atoms with E-state index in [9.17, 15) is 38.3 Å². The number of hydrogen-bond donors (Lipinski definition) is 0. The molecule has 0 unspecified atom stereocenters. The van der Waals surface area contributed by atoms with Crippen LogP contribution in [0.2, 0.25) is 0 Å². The van der Waals surface area contributed by atoms with Gasteiger partial charge in [0.2, 0.25) is 0 Å². The van der Waals surface area contributed by atoms with Crippen molar-refractivity contribution in [1.82, 2.24) is 0 Å². The van der Waals surface area contributed by atoms with Crippen LogP contribution in [-0.2, 0) is 18.7 Å². The Balaban J connectivity index is -0.000000653. The predicted octanol–water partition coefficient (Wildman–Crippen LogP) is -3.27. The molecule has 0 aromatic rings. The van der Waals surface area contributed by atoms with E-state index < -0.39 is 26.2 Å². The van der Waals surface area contributed by atoms with Gasteiger partial charge in [-0.05, 0) is 12.8 Å². The van der Waals surface area contributed by atoms with Gasteiger partial charge >= 0.3 is 62.0 Å². The van der Waals surface area contributed by atoms with Crippen molar-refractivity contribution in [2.45, 2.75) is 109 Å². The van der Waals surface area contributed by atoms with Crippen molar-refractivity contribution in [2.75, 3.05) is 0 Å². The first-order chi connectivity index (χ1) is 13.5. The van der Waals surface area contributed by atoms with Crippen LogP contribution in [0.25, 0.3) is 0 Å². The zero-order valence-electron chi connectivity index (χ0n) is 21.2. The first-order valence-electron chi connectivity index (χ1n) is 10.7. The van der Waals surface area contributed by atoms with Crippen LogP contribution in [0, 0.1) is 0 Å². The van der Waals surface area contributed by atoms with Gasteiger partial charge in [-0.15, -0.1) is 0 Å². The van der Waals surface area contributed by atoms with Gasteiger partial charge in [-0.1, -0.05) is 83.5 Å². The first kappa shape index (κ1) is 37.2. The van der Waals surface area contributed by atoms with E-state index in [4.69, 9.17) is 0 Å². The summed E-state index contributed by atoms with van der Waals surface area (Å²) in [5, 5.41) is 0. The molecule has 0 aromatic carbocycles. The number of carbonyl (C=O) groups is 2. The van der Waals surface area contributed by atoms with Crippen molar-refractivity contribution >= 4 is 26.2 Å². The van der Waals surface area contributed by atoms with Gasteiger partial charge in [0.05, 0.1) is 0 Å². The Kier molecular flexibility index (Phi) is 26.5. The maximum atomic E-state index is 10.9. The number of rotatable bonds is 20. The summed E-state index contributed by atoms with van der Waals surface area (Å²) in [5.74, 6) is 0. The molecule has 0 N–H and O–H groups in total. The molecule has 12 heteroatoms. The summed E-state index contributed by atoms with van der Waals surface area (Å²) in [5.41, 5.74) is -2.36. The molecular weight excluding hydrogens is 464 g/mol. The molecule has 0 aliphatic rings. The van der Waals surface area contributed by atoms with Gasteiger partial charge in [0, 0.05) is 28.0 Å². The summed E-state index contributed by atoms with van der Waals surface area (Å²) in [6, 6.07) is 0. The summed E-state index contributed by atoms with van der Waals surface area (Å²) in [6.45, 7) is 0. The monoisotopic (exact) mass is 500 g/mol. The Morgan fingerprint density at radius 2 is 0.613 bits per heavy atom. The topological polar surface area (TPSA) is 161 Å². The van der Waals surface area contributed by atoms with E-state index in [2.05, 4.69) is 0 Å². The molecule has 0 rings (SSSR count). The summed E-state index contributed by atoms with van der Waals surface area (Å²) >= 11 is 0. The molecule has 0 fully saturated rings. The quantitative estimate of drug-likeness (QED) is 0.0956. The second kappa shape index (κ2) is 22.1. The summed E-state index contributed by atoms with van der Waals surface area (Å²) in [6.07, 6.45) is 14.2. The van der Waals surface area contributed by atoms with Gasteiger partial charge < -0.3 is 28.7 Å². The smallest absolute Gasteiger partial charge is 0.805 e. The normalized spacial score (nSPS) is 11.5. The molecule has 0 heterocycles. The van der Waals surface area contributed by atoms with Crippen LogP contribution in [-0.4, -0.2) is 11.0 Å². The van der Waals surface area contributed by atoms with E-state index in [1.54, 1.807) is 0 Å². The largest absolute Gasteiger partial charge is 1.00 e. The standard InChI is InChI=1S/C19H38O8P2.2Na/c20-18(28(22,23)24)16-14-12-10-8-6-4-2-1-3-5-7-9-11-13-15-17-19(21)29(25,26)27;;/h1-17H2,(H2,22,23,24)(H2,25,26,27);;/q;2*+1/p-2. The third-order valence-corrected chi connectivity index (χ3v) is 6.56. The molecule has 0 saturated carbocycles. The number of hydrogen-bond acceptors (Lipinski definition) is 8. The molecule has 0 saturated heterocycles. The summed E-state index contributed by atoms with van der Waals surface area (Å²) < 4.78 is 20.9. The van der Waals surface area contributed by atoms with Gasteiger partial charge in [0.25, 0.3) is 0 Å². The minimum atomic E-state index is -5.04. The van der Waals surface area contributed by atoms with Crippen molar-refractivity contribution < 1.29 is 100 Å². The molecule has 0 spiro atoms. The molecule has 0 radical (unpaired) electrons. The van der Waals surface area contributed by atoms with Gasteiger partial charge in [0.1, 0.15) is 0 Å². The maximum Gasteiger partial charge on any atom is 1.00 e. The minimum absolute atomic E-state index is 0. The van der Waals surface area contributed by atoms with Crippen molar-refractivity contribution in [3.63, 3.8) is 0 Å². The molecule has 0 atom stereocenters. The van der Waals surface area contributed by atoms with E-state index >= 15 is 0 Å². The van der Waals surface area contributed by atoms with Crippen LogP contribution in [0.5, 0.6) is 0 Å². The van der Waals surface area contributed by atoms with E-state index in [0.717, 1.165) is 64.2 Å². The Morgan fingerprint density at radius 1 is 0.452 bits per heavy atom. The third kappa shape index (κ3) is 24.6. The Bertz CT molecular complexity index is 526. The number of unbranched alkanes of at least 4 members (excludes halogenated alkanes) is 14. The van der Waals surface area contributed by atoms with Crippen LogP contribution < -0.4 is 78.7 Å². The van der Waals surface area contributed by atoms with Crippen LogP contribution >= 0.6 is 15.2 Å². The van der Waals surface area contributed by atoms with Crippen LogP contribution in [0.3, 0.4) is 0 Å². The van der Waals surface area contributed by atoms with E-state index in [0.29, 0.717) is 12.8 Å². The molecule has 8 nitrogen and oxygen atoms in total. The average Bonchev–Trinajstić information content (AvgIpc) is 2.62. The second-order valence-corrected chi connectivity index (χ2v) is 10.6. The Labute approximate surface area is 234 Å². The maximum absolute atomic E-state index is 10.9.